The van der Waals surface area contributed by atoms with Crippen molar-refractivity contribution in [3.8, 4) is 0 Å². The van der Waals surface area contributed by atoms with Gasteiger partial charge in [-0.05, 0) is 25.3 Å². The highest BCUT2D eigenvalue weighted by atomic mass is 16.5. The molecule has 83 valence electrons. The van der Waals surface area contributed by atoms with Gasteiger partial charge in [-0.3, -0.25) is 4.79 Å². The maximum absolute atomic E-state index is 10.3. The summed E-state index contributed by atoms with van der Waals surface area (Å²) in [5.74, 6) is 0.161. The molecule has 0 amide bonds. The third-order valence-corrected chi connectivity index (χ3v) is 2.13. The Balaban J connectivity index is 2.34. The molecule has 1 aromatic heterocycles. The molecule has 0 fully saturated rings. The van der Waals surface area contributed by atoms with Crippen molar-refractivity contribution in [1.82, 2.24) is 0 Å². The number of rotatable bonds is 6. The second-order valence-electron chi connectivity index (χ2n) is 3.25. The van der Waals surface area contributed by atoms with Crippen LogP contribution in [0, 0.1) is 0 Å². The van der Waals surface area contributed by atoms with Crippen molar-refractivity contribution < 1.29 is 24.5 Å². The zero-order valence-electron chi connectivity index (χ0n) is 8.09. The summed E-state index contributed by atoms with van der Waals surface area (Å²) in [6.07, 6.45) is 1.50. The van der Waals surface area contributed by atoms with Crippen LogP contribution >= 0.6 is 0 Å². The van der Waals surface area contributed by atoms with Gasteiger partial charge in [0.15, 0.2) is 12.1 Å². The molecule has 3 N–H and O–H groups in total. The van der Waals surface area contributed by atoms with Crippen LogP contribution < -0.4 is 0 Å². The Hall–Kier alpha value is -1.17. The summed E-state index contributed by atoms with van der Waals surface area (Å²) in [6.45, 7) is 0. The van der Waals surface area contributed by atoms with Crippen LogP contribution in [0.5, 0.6) is 0 Å². The second kappa shape index (κ2) is 5.65. The highest BCUT2D eigenvalue weighted by Gasteiger charge is 2.13. The maximum atomic E-state index is 10.3. The minimum atomic E-state index is -1.72. The van der Waals surface area contributed by atoms with Crippen LogP contribution in [0.15, 0.2) is 16.7 Å². The van der Waals surface area contributed by atoms with Gasteiger partial charge in [-0.1, -0.05) is 0 Å². The van der Waals surface area contributed by atoms with Crippen LogP contribution in [0.25, 0.3) is 0 Å². The molecule has 0 bridgehead atoms. The molecule has 15 heavy (non-hydrogen) atoms. The van der Waals surface area contributed by atoms with Crippen molar-refractivity contribution in [1.29, 1.82) is 0 Å². The average molecular weight is 213 g/mol. The number of aliphatic hydroxyl groups excluding tert-OH is 2. The molecule has 1 heterocycles. The highest BCUT2D eigenvalue weighted by molar-refractivity contribution is 5.73. The number of aryl methyl sites for hydroxylation is 1. The molecule has 0 aliphatic heterocycles. The lowest BCUT2D eigenvalue weighted by atomic mass is 10.1. The van der Waals surface area contributed by atoms with Gasteiger partial charge in [0.05, 0.1) is 6.26 Å². The first kappa shape index (κ1) is 11.9. The third-order valence-electron chi connectivity index (χ3n) is 2.13. The summed E-state index contributed by atoms with van der Waals surface area (Å²) in [5.41, 5.74) is 0.713. The molecule has 5 heteroatoms. The van der Waals surface area contributed by atoms with E-state index < -0.39 is 12.4 Å². The van der Waals surface area contributed by atoms with Gasteiger partial charge in [0.2, 0.25) is 0 Å². The predicted molar refractivity (Wildman–Crippen MR) is 50.7 cm³/mol. The fraction of sp³-hybridized carbons (Fsp3) is 0.500. The Morgan fingerprint density at radius 2 is 2.13 bits per heavy atom. The number of aliphatic hydroxyl groups is 3. The van der Waals surface area contributed by atoms with E-state index in [2.05, 4.69) is 0 Å². The summed E-state index contributed by atoms with van der Waals surface area (Å²) < 4.78 is 4.83. The lowest BCUT2D eigenvalue weighted by Crippen LogP contribution is -2.25. The van der Waals surface area contributed by atoms with E-state index in [0.29, 0.717) is 18.4 Å². The van der Waals surface area contributed by atoms with E-state index in [1.807, 2.05) is 0 Å². The summed E-state index contributed by atoms with van der Waals surface area (Å²) in [5, 5.41) is 26.3. The van der Waals surface area contributed by atoms with Crippen LogP contribution in [0.3, 0.4) is 0 Å². The highest BCUT2D eigenvalue weighted by Crippen LogP contribution is 2.12. The predicted octanol–water partition coefficient (Wildman–Crippen LogP) is -0.268. The molecule has 1 aromatic rings. The van der Waals surface area contributed by atoms with Crippen molar-refractivity contribution in [3.05, 3.63) is 23.7 Å². The van der Waals surface area contributed by atoms with Crippen LogP contribution in [0.2, 0.25) is 0 Å². The zero-order chi connectivity index (χ0) is 11.3. The largest absolute Gasteiger partial charge is 0.460 e. The average Bonchev–Trinajstić information content (AvgIpc) is 2.65. The molecule has 0 saturated heterocycles. The minimum Gasteiger partial charge on any atom is -0.460 e. The van der Waals surface area contributed by atoms with E-state index in [1.54, 1.807) is 12.4 Å². The van der Waals surface area contributed by atoms with E-state index >= 15 is 0 Å². The van der Waals surface area contributed by atoms with Crippen molar-refractivity contribution in [2.45, 2.75) is 31.7 Å². The van der Waals surface area contributed by atoms with Crippen LogP contribution in [0.1, 0.15) is 24.2 Å². The molecule has 1 atom stereocenters. The van der Waals surface area contributed by atoms with E-state index in [4.69, 9.17) is 19.7 Å². The van der Waals surface area contributed by atoms with Gasteiger partial charge in [-0.2, -0.15) is 0 Å². The minimum absolute atomic E-state index is 0.161. The molecule has 0 aliphatic rings. The van der Waals surface area contributed by atoms with Crippen molar-refractivity contribution in [2.24, 2.45) is 0 Å². The summed E-state index contributed by atoms with van der Waals surface area (Å²) in [4.78, 5) is 10.3. The molecule has 5 nitrogen and oxygen atoms in total. The number of hydrogen-bond acceptors (Lipinski definition) is 5. The number of furan rings is 1. The van der Waals surface area contributed by atoms with E-state index in [-0.39, 0.29) is 12.2 Å². The fourth-order valence-corrected chi connectivity index (χ4v) is 1.27. The molecule has 1 radical (unpaired) electrons. The van der Waals surface area contributed by atoms with Gasteiger partial charge in [0.1, 0.15) is 6.10 Å². The molecule has 1 rings (SSSR count). The van der Waals surface area contributed by atoms with E-state index in [9.17, 15) is 4.79 Å². The SMILES string of the molecule is O=[C]c1occc1CCCC(O)C(O)O. The first-order chi connectivity index (χ1) is 7.15. The monoisotopic (exact) mass is 213 g/mol. The Kier molecular flexibility index (Phi) is 4.48. The first-order valence-corrected chi connectivity index (χ1v) is 4.64. The van der Waals surface area contributed by atoms with Crippen LogP contribution in [0.4, 0.5) is 0 Å². The molecule has 0 saturated carbocycles. The fourth-order valence-electron chi connectivity index (χ4n) is 1.27. The van der Waals surface area contributed by atoms with Crippen LogP contribution in [-0.4, -0.2) is 34.0 Å². The lowest BCUT2D eigenvalue weighted by molar-refractivity contribution is -0.124. The molecular formula is C10H13O5. The van der Waals surface area contributed by atoms with Gasteiger partial charge in [0.25, 0.3) is 6.29 Å². The third kappa shape index (κ3) is 3.47. The maximum Gasteiger partial charge on any atom is 0.272 e. The second-order valence-corrected chi connectivity index (χ2v) is 3.25. The Morgan fingerprint density at radius 3 is 2.73 bits per heavy atom. The zero-order valence-corrected chi connectivity index (χ0v) is 8.09. The van der Waals surface area contributed by atoms with E-state index in [0.717, 1.165) is 0 Å². The van der Waals surface area contributed by atoms with Crippen molar-refractivity contribution in [3.63, 3.8) is 0 Å². The normalized spacial score (nSPS) is 13.1. The Morgan fingerprint density at radius 1 is 1.40 bits per heavy atom. The Bertz CT molecular complexity index is 305. The smallest absolute Gasteiger partial charge is 0.272 e. The summed E-state index contributed by atoms with van der Waals surface area (Å²) in [7, 11) is 0. The molecule has 0 aromatic carbocycles. The molecular weight excluding hydrogens is 200 g/mol. The van der Waals surface area contributed by atoms with Crippen LogP contribution in [-0.2, 0) is 11.2 Å². The van der Waals surface area contributed by atoms with Crippen molar-refractivity contribution in [2.75, 3.05) is 0 Å². The summed E-state index contributed by atoms with van der Waals surface area (Å²) >= 11 is 0. The van der Waals surface area contributed by atoms with Gasteiger partial charge in [0, 0.05) is 5.56 Å². The van der Waals surface area contributed by atoms with Gasteiger partial charge in [-0.25, -0.2) is 0 Å². The van der Waals surface area contributed by atoms with Gasteiger partial charge >= 0.3 is 0 Å². The van der Waals surface area contributed by atoms with Crippen molar-refractivity contribution >= 4 is 6.29 Å². The molecule has 1 unspecified atom stereocenters. The number of hydrogen-bond donors (Lipinski definition) is 3. The van der Waals surface area contributed by atoms with Gasteiger partial charge < -0.3 is 19.7 Å². The van der Waals surface area contributed by atoms with E-state index in [1.165, 1.54) is 6.26 Å². The standard InChI is InChI=1S/C10H13O5/c11-6-9-7(4-5-15-9)2-1-3-8(12)10(13)14/h4-5,8,10,12-14H,1-3H2. The quantitative estimate of drug-likeness (QED) is 0.566. The summed E-state index contributed by atoms with van der Waals surface area (Å²) in [6, 6.07) is 1.65. The first-order valence-electron chi connectivity index (χ1n) is 4.64. The molecule has 0 spiro atoms. The number of carbonyl (C=O) groups excluding carboxylic acids is 1. The topological polar surface area (TPSA) is 90.9 Å². The van der Waals surface area contributed by atoms with Gasteiger partial charge in [-0.15, -0.1) is 0 Å². The Labute approximate surface area is 87.0 Å². The lowest BCUT2D eigenvalue weighted by Gasteiger charge is -2.11. The molecule has 0 aliphatic carbocycles.